The van der Waals surface area contributed by atoms with Gasteiger partial charge in [-0.05, 0) is 161 Å². The van der Waals surface area contributed by atoms with E-state index in [4.69, 9.17) is 14.4 Å². The summed E-state index contributed by atoms with van der Waals surface area (Å²) in [7, 11) is 0. The van der Waals surface area contributed by atoms with Crippen LogP contribution in [0.1, 0.15) is 194 Å². The molecule has 0 bridgehead atoms. The van der Waals surface area contributed by atoms with Crippen molar-refractivity contribution in [1.82, 2.24) is 54.0 Å². The molecule has 126 heavy (non-hydrogen) atoms. The first-order chi connectivity index (χ1) is 59.0. The lowest BCUT2D eigenvalue weighted by Crippen LogP contribution is -2.21. The summed E-state index contributed by atoms with van der Waals surface area (Å²) >= 11 is 0. The molecule has 0 aliphatic rings. The Morgan fingerprint density at radius 3 is 1.17 bits per heavy atom. The van der Waals surface area contributed by atoms with Gasteiger partial charge in [0.1, 0.15) is 11.6 Å². The minimum Gasteiger partial charge on any atom is -0.420 e. The molecule has 7 heterocycles. The van der Waals surface area contributed by atoms with Crippen LogP contribution in [0.3, 0.4) is 0 Å². The van der Waals surface area contributed by atoms with Crippen molar-refractivity contribution in [2.24, 2.45) is 0 Å². The fourth-order valence-electron chi connectivity index (χ4n) is 14.4. The van der Waals surface area contributed by atoms with E-state index >= 15 is 0 Å². The van der Waals surface area contributed by atoms with E-state index in [-0.39, 0.29) is 52.9 Å². The van der Waals surface area contributed by atoms with E-state index in [0.717, 1.165) is 51.0 Å². The number of hydrogen-bond donors (Lipinski definition) is 0. The maximum atomic E-state index is 5.61. The number of pyridine rings is 3. The number of fused-ring (bicyclic) bond motifs is 5. The van der Waals surface area contributed by atoms with Gasteiger partial charge < -0.3 is 8.98 Å². The molecule has 18 aromatic rings. The third kappa shape index (κ3) is 24.4. The van der Waals surface area contributed by atoms with Gasteiger partial charge in [0.25, 0.3) is 0 Å². The van der Waals surface area contributed by atoms with Gasteiger partial charge in [-0.3, -0.25) is 19.1 Å². The molecule has 12 heteroatoms. The molecule has 0 N–H and O–H groups in total. The summed E-state index contributed by atoms with van der Waals surface area (Å²) in [5.74, 6) is 4.20. The van der Waals surface area contributed by atoms with Crippen molar-refractivity contribution >= 4 is 43.7 Å². The highest BCUT2D eigenvalue weighted by Gasteiger charge is 2.28. The topological polar surface area (TPSA) is 131 Å². The van der Waals surface area contributed by atoms with Crippen molar-refractivity contribution in [2.45, 2.75) is 198 Å². The standard InChI is InChI=1S/C19H19N.C18H19N3.C17H18N2.C16H17N.2C15H17N.C12H14N2O.2CH4/c1-19(2,3)16-11-8-15(9-12-16)18-13-10-14-6-4-5-7-17(14)20-18;1-18(2,3)17-20-19-16(14-10-6-4-7-11-14)21(17)15-12-8-5-9-13-15;1-17(2,3)16-18-14-11-7-8-12-15(14)19(16)13-9-5-4-6-10-13;1-16(2,3)17-14-10-6-4-8-12(14)13-9-5-7-11-15(13)17;1-15(2,3)14-8-4-6-12(10-14)13-7-5-9-16-11-13;1-15(2,3)14-8-6-12(7-9-14)13-5-4-10-16-11-13;1-12(2,3)11-14-13-10(15-11)9-7-5-4-6-8-9;;/h4-13H,1-3H3;4-13H,1-3H3;4-12H,1-3H3;4-11H,1-3H3;2*4-11H,1-3H3;4-8H,1-3H3;2*1H4. The monoisotopic (exact) mass is 1670 g/mol. The van der Waals surface area contributed by atoms with E-state index in [2.05, 4.69) is 414 Å². The van der Waals surface area contributed by atoms with Crippen LogP contribution in [0.5, 0.6) is 0 Å². The van der Waals surface area contributed by atoms with E-state index < -0.39 is 0 Å². The van der Waals surface area contributed by atoms with Crippen LogP contribution in [-0.4, -0.2) is 54.0 Å². The summed E-state index contributed by atoms with van der Waals surface area (Å²) in [6.07, 6.45) is 7.40. The molecular weight excluding hydrogens is 1540 g/mol. The van der Waals surface area contributed by atoms with Crippen LogP contribution in [0.4, 0.5) is 0 Å². The summed E-state index contributed by atoms with van der Waals surface area (Å²) < 4.78 is 12.4. The summed E-state index contributed by atoms with van der Waals surface area (Å²) in [6.45, 7) is 46.1. The number of hydrogen-bond acceptors (Lipinski definition) is 9. The smallest absolute Gasteiger partial charge is 0.247 e. The first-order valence-corrected chi connectivity index (χ1v) is 43.0. The third-order valence-corrected chi connectivity index (χ3v) is 21.1. The second-order valence-electron chi connectivity index (χ2n) is 38.4. The van der Waals surface area contributed by atoms with Gasteiger partial charge in [0.15, 0.2) is 5.82 Å². The summed E-state index contributed by atoms with van der Waals surface area (Å²) in [5.41, 5.74) is 21.8. The zero-order valence-electron chi connectivity index (χ0n) is 76.3. The second-order valence-corrected chi connectivity index (χ2v) is 38.4. The van der Waals surface area contributed by atoms with E-state index in [1.165, 1.54) is 82.9 Å². The number of para-hydroxylation sites is 7. The largest absolute Gasteiger partial charge is 0.420 e. The first-order valence-electron chi connectivity index (χ1n) is 43.0. The molecule has 0 spiro atoms. The van der Waals surface area contributed by atoms with Gasteiger partial charge in [-0.1, -0.05) is 382 Å². The molecule has 0 amide bonds. The van der Waals surface area contributed by atoms with Crippen molar-refractivity contribution in [3.8, 4) is 67.7 Å². The van der Waals surface area contributed by atoms with Crippen molar-refractivity contribution in [3.63, 3.8) is 0 Å². The number of rotatable bonds is 7. The van der Waals surface area contributed by atoms with E-state index in [0.29, 0.717) is 11.8 Å². The molecule has 0 aliphatic carbocycles. The fraction of sp³-hybridized carbons (Fsp3) is 0.263. The molecule has 0 saturated heterocycles. The average molecular weight is 1670 g/mol. The number of imidazole rings is 1. The molecule has 7 aromatic heterocycles. The van der Waals surface area contributed by atoms with Crippen LogP contribution in [0.2, 0.25) is 0 Å². The number of nitrogens with zero attached hydrogens (tertiary/aromatic N) is 11. The molecular formula is C114H129N11O. The average Bonchev–Trinajstić information content (AvgIpc) is 1.60. The highest BCUT2D eigenvalue weighted by atomic mass is 16.4. The predicted molar refractivity (Wildman–Crippen MR) is 534 cm³/mol. The maximum absolute atomic E-state index is 5.61. The Bertz CT molecular complexity index is 6350. The van der Waals surface area contributed by atoms with Crippen molar-refractivity contribution in [1.29, 1.82) is 0 Å². The molecule has 0 atom stereocenters. The molecule has 12 nitrogen and oxygen atoms in total. The van der Waals surface area contributed by atoms with Gasteiger partial charge in [0.05, 0.1) is 22.2 Å². The van der Waals surface area contributed by atoms with Crippen LogP contribution in [0, 0.1) is 0 Å². The predicted octanol–water partition coefficient (Wildman–Crippen LogP) is 30.7. The zero-order valence-corrected chi connectivity index (χ0v) is 76.3. The fourth-order valence-corrected chi connectivity index (χ4v) is 14.4. The molecule has 0 unspecified atom stereocenters. The summed E-state index contributed by atoms with van der Waals surface area (Å²) in [5, 5.41) is 20.9. The van der Waals surface area contributed by atoms with E-state index in [9.17, 15) is 0 Å². The first kappa shape index (κ1) is 94.9. The maximum Gasteiger partial charge on any atom is 0.247 e. The highest BCUT2D eigenvalue weighted by molar-refractivity contribution is 6.08. The van der Waals surface area contributed by atoms with Crippen LogP contribution in [0.15, 0.2) is 357 Å². The SMILES string of the molecule is C.C.CC(C)(C)c1ccc(-c2ccc3ccccc3n2)cc1.CC(C)(C)c1ccc(-c2cccnc2)cc1.CC(C)(C)c1cccc(-c2cccnc2)c1.CC(C)(C)c1nc2ccccc2n1-c1ccccc1.CC(C)(C)c1nnc(-c2ccccc2)n1-c1ccccc1.CC(C)(C)c1nnc(-c2ccccc2)o1.CC(C)(C)n1c2ccccc2c2ccccc21. The van der Waals surface area contributed by atoms with E-state index in [1.54, 1.807) is 12.4 Å². The van der Waals surface area contributed by atoms with Crippen LogP contribution >= 0.6 is 0 Å². The lowest BCUT2D eigenvalue weighted by atomic mass is 9.85. The molecule has 646 valence electrons. The Labute approximate surface area is 750 Å². The zero-order chi connectivity index (χ0) is 88.6. The summed E-state index contributed by atoms with van der Waals surface area (Å²) in [6, 6.07) is 113. The van der Waals surface area contributed by atoms with Crippen LogP contribution in [-0.2, 0) is 38.0 Å². The molecule has 0 fully saturated rings. The lowest BCUT2D eigenvalue weighted by molar-refractivity contribution is 0.399. The minimum atomic E-state index is -0.0972. The molecule has 11 aromatic carbocycles. The Balaban J connectivity index is 0.000000153. The van der Waals surface area contributed by atoms with Crippen LogP contribution < -0.4 is 0 Å². The lowest BCUT2D eigenvalue weighted by Gasteiger charge is -2.24. The van der Waals surface area contributed by atoms with Gasteiger partial charge in [-0.25, -0.2) is 9.97 Å². The van der Waals surface area contributed by atoms with Gasteiger partial charge in [-0.15, -0.1) is 20.4 Å². The van der Waals surface area contributed by atoms with Crippen LogP contribution in [0.25, 0.3) is 111 Å². The van der Waals surface area contributed by atoms with Gasteiger partial charge >= 0.3 is 0 Å². The van der Waals surface area contributed by atoms with Crippen molar-refractivity contribution in [2.75, 3.05) is 0 Å². The second kappa shape index (κ2) is 41.0. The minimum absolute atomic E-state index is 0. The van der Waals surface area contributed by atoms with Gasteiger partial charge in [0.2, 0.25) is 11.8 Å². The third-order valence-electron chi connectivity index (χ3n) is 21.1. The number of aromatic nitrogens is 11. The Morgan fingerprint density at radius 2 is 0.698 bits per heavy atom. The molecule has 0 aliphatic heterocycles. The van der Waals surface area contributed by atoms with Crippen molar-refractivity contribution < 1.29 is 4.42 Å². The highest BCUT2D eigenvalue weighted by Crippen LogP contribution is 2.37. The molecule has 0 radical (unpaired) electrons. The van der Waals surface area contributed by atoms with Gasteiger partial charge in [-0.2, -0.15) is 0 Å². The van der Waals surface area contributed by atoms with Gasteiger partial charge in [0, 0.05) is 102 Å². The molecule has 0 saturated carbocycles. The quantitative estimate of drug-likeness (QED) is 0.153. The van der Waals surface area contributed by atoms with E-state index in [1.807, 2.05) is 116 Å². The van der Waals surface area contributed by atoms with Crippen molar-refractivity contribution in [3.05, 3.63) is 387 Å². The Morgan fingerprint density at radius 1 is 0.270 bits per heavy atom. The molecule has 18 rings (SSSR count). The number of benzene rings is 11. The summed E-state index contributed by atoms with van der Waals surface area (Å²) in [4.78, 5) is 17.8. The normalized spacial score (nSPS) is 11.6. The Hall–Kier alpha value is -13.3. The Kier molecular flexibility index (Phi) is 30.9.